The maximum Gasteiger partial charge on any atom is 0.250 e. The third-order valence-electron chi connectivity index (χ3n) is 5.79. The first-order valence-corrected chi connectivity index (χ1v) is 10.4. The van der Waals surface area contributed by atoms with Gasteiger partial charge in [-0.2, -0.15) is 0 Å². The van der Waals surface area contributed by atoms with Gasteiger partial charge in [-0.25, -0.2) is 13.2 Å². The average molecular weight is 440 g/mol. The Labute approximate surface area is 184 Å². The Kier molecular flexibility index (Phi) is 6.46. The van der Waals surface area contributed by atoms with Crippen LogP contribution in [0, 0.1) is 17.5 Å². The molecule has 1 aliphatic rings. The Balaban J connectivity index is 1.71. The Bertz CT molecular complexity index is 1080. The SMILES string of the molecule is O=C(C(Nc1c(F)cccc1F)c1ccc(CO)cc1)N1CCCC1c1ccccc1F. The van der Waals surface area contributed by atoms with Gasteiger partial charge in [-0.15, -0.1) is 0 Å². The van der Waals surface area contributed by atoms with E-state index in [4.69, 9.17) is 0 Å². The number of amides is 1. The molecule has 0 spiro atoms. The molecule has 3 aromatic carbocycles. The zero-order valence-electron chi connectivity index (χ0n) is 17.3. The van der Waals surface area contributed by atoms with Gasteiger partial charge in [-0.3, -0.25) is 4.79 Å². The molecule has 2 unspecified atom stereocenters. The summed E-state index contributed by atoms with van der Waals surface area (Å²) in [6.07, 6.45) is 1.28. The number of anilines is 1. The molecular weight excluding hydrogens is 417 g/mol. The van der Waals surface area contributed by atoms with Gasteiger partial charge in [0.15, 0.2) is 0 Å². The largest absolute Gasteiger partial charge is 0.392 e. The lowest BCUT2D eigenvalue weighted by atomic mass is 10.0. The fraction of sp³-hybridized carbons (Fsp3) is 0.240. The Morgan fingerprint density at radius 3 is 2.28 bits per heavy atom. The van der Waals surface area contributed by atoms with Gasteiger partial charge in [-0.05, 0) is 42.2 Å². The van der Waals surface area contributed by atoms with E-state index in [1.165, 1.54) is 12.1 Å². The molecule has 0 aromatic heterocycles. The van der Waals surface area contributed by atoms with Gasteiger partial charge in [-0.1, -0.05) is 48.5 Å². The van der Waals surface area contributed by atoms with Crippen molar-refractivity contribution in [3.8, 4) is 0 Å². The van der Waals surface area contributed by atoms with Crippen LogP contribution in [0.4, 0.5) is 18.9 Å². The number of hydrogen-bond acceptors (Lipinski definition) is 3. The van der Waals surface area contributed by atoms with E-state index in [-0.39, 0.29) is 6.61 Å². The second-order valence-electron chi connectivity index (χ2n) is 7.78. The van der Waals surface area contributed by atoms with E-state index in [1.54, 1.807) is 47.4 Å². The van der Waals surface area contributed by atoms with Crippen LogP contribution in [0.25, 0.3) is 0 Å². The first-order valence-electron chi connectivity index (χ1n) is 10.4. The summed E-state index contributed by atoms with van der Waals surface area (Å²) < 4.78 is 43.2. The summed E-state index contributed by atoms with van der Waals surface area (Å²) in [5, 5.41) is 12.1. The minimum absolute atomic E-state index is 0.171. The predicted molar refractivity (Wildman–Crippen MR) is 115 cm³/mol. The number of halogens is 3. The Morgan fingerprint density at radius 1 is 0.969 bits per heavy atom. The molecule has 1 fully saturated rings. The summed E-state index contributed by atoms with van der Waals surface area (Å²) in [5.74, 6) is -2.44. The standard InChI is InChI=1S/C25H23F3N2O2/c26-19-6-2-1-5-18(19)22-9-4-14-30(22)25(32)23(17-12-10-16(15-31)11-13-17)29-24-20(27)7-3-8-21(24)28/h1-3,5-8,10-13,22-23,29,31H,4,9,14-15H2. The third kappa shape index (κ3) is 4.34. The molecular formula is C25H23F3N2O2. The van der Waals surface area contributed by atoms with E-state index in [0.29, 0.717) is 36.1 Å². The molecule has 0 aliphatic carbocycles. The van der Waals surface area contributed by atoms with Crippen molar-refractivity contribution in [2.75, 3.05) is 11.9 Å². The molecule has 32 heavy (non-hydrogen) atoms. The van der Waals surface area contributed by atoms with Crippen molar-refractivity contribution in [3.05, 3.63) is 101 Å². The average Bonchev–Trinajstić information content (AvgIpc) is 3.29. The number of benzene rings is 3. The van der Waals surface area contributed by atoms with Gasteiger partial charge in [0, 0.05) is 12.1 Å². The van der Waals surface area contributed by atoms with Crippen LogP contribution in [0.3, 0.4) is 0 Å². The number of rotatable bonds is 6. The normalized spacial score (nSPS) is 16.8. The number of nitrogens with zero attached hydrogens (tertiary/aromatic N) is 1. The highest BCUT2D eigenvalue weighted by molar-refractivity contribution is 5.87. The van der Waals surface area contributed by atoms with Crippen LogP contribution in [-0.4, -0.2) is 22.5 Å². The maximum atomic E-state index is 14.5. The Morgan fingerprint density at radius 2 is 1.62 bits per heavy atom. The van der Waals surface area contributed by atoms with Gasteiger partial charge >= 0.3 is 0 Å². The minimum atomic E-state index is -1.10. The second kappa shape index (κ2) is 9.44. The summed E-state index contributed by atoms with van der Waals surface area (Å²) in [5.41, 5.74) is 1.14. The van der Waals surface area contributed by atoms with Crippen molar-refractivity contribution in [2.24, 2.45) is 0 Å². The molecule has 1 aliphatic heterocycles. The van der Waals surface area contributed by atoms with Gasteiger partial charge < -0.3 is 15.3 Å². The number of nitrogens with one attached hydrogen (secondary N) is 1. The molecule has 4 rings (SSSR count). The molecule has 0 radical (unpaired) electrons. The van der Waals surface area contributed by atoms with Crippen LogP contribution < -0.4 is 5.32 Å². The predicted octanol–water partition coefficient (Wildman–Crippen LogP) is 5.11. The quantitative estimate of drug-likeness (QED) is 0.560. The summed E-state index contributed by atoms with van der Waals surface area (Å²) in [7, 11) is 0. The molecule has 0 saturated carbocycles. The van der Waals surface area contributed by atoms with Gasteiger partial charge in [0.2, 0.25) is 5.91 Å². The zero-order valence-corrected chi connectivity index (χ0v) is 17.3. The van der Waals surface area contributed by atoms with Crippen molar-refractivity contribution in [2.45, 2.75) is 31.5 Å². The van der Waals surface area contributed by atoms with Gasteiger partial charge in [0.05, 0.1) is 12.6 Å². The van der Waals surface area contributed by atoms with E-state index in [1.807, 2.05) is 0 Å². The summed E-state index contributed by atoms with van der Waals surface area (Å²) >= 11 is 0. The topological polar surface area (TPSA) is 52.6 Å². The number of carbonyl (C=O) groups is 1. The summed E-state index contributed by atoms with van der Waals surface area (Å²) in [4.78, 5) is 15.2. The molecule has 1 saturated heterocycles. The lowest BCUT2D eigenvalue weighted by Gasteiger charge is -2.30. The molecule has 0 bridgehead atoms. The summed E-state index contributed by atoms with van der Waals surface area (Å²) in [6.45, 7) is 0.236. The van der Waals surface area contributed by atoms with Crippen LogP contribution in [0.2, 0.25) is 0 Å². The van der Waals surface area contributed by atoms with Gasteiger partial charge in [0.1, 0.15) is 29.2 Å². The smallest absolute Gasteiger partial charge is 0.250 e. The molecule has 4 nitrogen and oxygen atoms in total. The van der Waals surface area contributed by atoms with E-state index < -0.39 is 41.1 Å². The van der Waals surface area contributed by atoms with Crippen molar-refractivity contribution in [1.29, 1.82) is 0 Å². The highest BCUT2D eigenvalue weighted by Crippen LogP contribution is 2.36. The number of carbonyl (C=O) groups excluding carboxylic acids is 1. The van der Waals surface area contributed by atoms with Crippen LogP contribution >= 0.6 is 0 Å². The van der Waals surface area contributed by atoms with Crippen molar-refractivity contribution in [3.63, 3.8) is 0 Å². The first-order chi connectivity index (χ1) is 15.5. The minimum Gasteiger partial charge on any atom is -0.392 e. The molecule has 2 atom stereocenters. The summed E-state index contributed by atoms with van der Waals surface area (Å²) in [6, 6.07) is 14.8. The number of hydrogen-bond donors (Lipinski definition) is 2. The number of likely N-dealkylation sites (tertiary alicyclic amines) is 1. The second-order valence-corrected chi connectivity index (χ2v) is 7.78. The van der Waals surface area contributed by atoms with E-state index in [0.717, 1.165) is 12.1 Å². The monoisotopic (exact) mass is 440 g/mol. The van der Waals surface area contributed by atoms with Crippen LogP contribution in [0.1, 0.15) is 41.6 Å². The van der Waals surface area contributed by atoms with Gasteiger partial charge in [0.25, 0.3) is 0 Å². The van der Waals surface area contributed by atoms with Crippen molar-refractivity contribution in [1.82, 2.24) is 4.90 Å². The van der Waals surface area contributed by atoms with E-state index >= 15 is 0 Å². The molecule has 7 heteroatoms. The maximum absolute atomic E-state index is 14.5. The number of aliphatic hydroxyl groups excluding tert-OH is 1. The van der Waals surface area contributed by atoms with Crippen molar-refractivity contribution < 1.29 is 23.1 Å². The van der Waals surface area contributed by atoms with Crippen LogP contribution in [0.5, 0.6) is 0 Å². The number of aliphatic hydroxyl groups is 1. The van der Waals surface area contributed by atoms with Crippen molar-refractivity contribution >= 4 is 11.6 Å². The number of para-hydroxylation sites is 1. The highest BCUT2D eigenvalue weighted by Gasteiger charge is 2.36. The molecule has 1 amide bonds. The lowest BCUT2D eigenvalue weighted by Crippen LogP contribution is -2.38. The van der Waals surface area contributed by atoms with E-state index in [9.17, 15) is 23.1 Å². The highest BCUT2D eigenvalue weighted by atomic mass is 19.1. The Hall–Kier alpha value is -3.32. The fourth-order valence-corrected chi connectivity index (χ4v) is 4.15. The lowest BCUT2D eigenvalue weighted by molar-refractivity contribution is -0.133. The van der Waals surface area contributed by atoms with Crippen LogP contribution in [-0.2, 0) is 11.4 Å². The fourth-order valence-electron chi connectivity index (χ4n) is 4.15. The van der Waals surface area contributed by atoms with Crippen LogP contribution in [0.15, 0.2) is 66.7 Å². The molecule has 3 aromatic rings. The first kappa shape index (κ1) is 21.9. The molecule has 2 N–H and O–H groups in total. The third-order valence-corrected chi connectivity index (χ3v) is 5.79. The van der Waals surface area contributed by atoms with E-state index in [2.05, 4.69) is 5.32 Å². The zero-order chi connectivity index (χ0) is 22.7. The molecule has 1 heterocycles. The molecule has 166 valence electrons.